The molecule has 0 aromatic heterocycles. The van der Waals surface area contributed by atoms with E-state index in [-0.39, 0.29) is 30.1 Å². The van der Waals surface area contributed by atoms with Gasteiger partial charge in [-0.1, -0.05) is 35.9 Å². The average Bonchev–Trinajstić information content (AvgIpc) is 3.52. The molecule has 0 aliphatic heterocycles. The van der Waals surface area contributed by atoms with Crippen molar-refractivity contribution >= 4 is 33.8 Å². The Kier molecular flexibility index (Phi) is 8.31. The Bertz CT molecular complexity index is 992. The second-order valence-corrected chi connectivity index (χ2v) is 11.4. The molecule has 2 aromatic rings. The quantitative estimate of drug-likeness (QED) is 0.511. The summed E-state index contributed by atoms with van der Waals surface area (Å²) in [6.07, 6.45) is 5.37. The highest BCUT2D eigenvalue weighted by Gasteiger charge is 2.29. The van der Waals surface area contributed by atoms with Crippen LogP contribution in [0.15, 0.2) is 42.5 Å². The molecule has 1 fully saturated rings. The minimum atomic E-state index is -2.95. The molecule has 2 aliphatic rings. The van der Waals surface area contributed by atoms with Crippen LogP contribution >= 0.6 is 24.0 Å². The molecule has 2 atom stereocenters. The smallest absolute Gasteiger partial charge is 0.150 e. The number of ether oxygens (including phenoxy) is 1. The lowest BCUT2D eigenvalue weighted by molar-refractivity contribution is 0.316. The van der Waals surface area contributed by atoms with Crippen molar-refractivity contribution in [1.29, 1.82) is 0 Å². The van der Waals surface area contributed by atoms with Crippen LogP contribution in [0.4, 0.5) is 0 Å². The molecule has 2 N–H and O–H groups in total. The molecular formula is C24H31Cl2NO3S. The summed E-state index contributed by atoms with van der Waals surface area (Å²) < 4.78 is 30.1. The normalized spacial score (nSPS) is 20.6. The maximum absolute atomic E-state index is 12.1. The van der Waals surface area contributed by atoms with Crippen molar-refractivity contribution in [2.45, 2.75) is 50.5 Å². The highest BCUT2D eigenvalue weighted by atomic mass is 35.5. The van der Waals surface area contributed by atoms with E-state index in [1.165, 1.54) is 11.1 Å². The largest absolute Gasteiger partial charge is 0.494 e. The molecule has 0 saturated heterocycles. The number of benzene rings is 2. The summed E-state index contributed by atoms with van der Waals surface area (Å²) >= 11 is 6.39. The Morgan fingerprint density at radius 1 is 1.10 bits per heavy atom. The number of halogens is 2. The summed E-state index contributed by atoms with van der Waals surface area (Å²) in [5, 5.41) is 0.775. The highest BCUT2D eigenvalue weighted by Crippen LogP contribution is 2.37. The average molecular weight is 484 g/mol. The Hall–Kier alpha value is -1.27. The van der Waals surface area contributed by atoms with Gasteiger partial charge in [-0.2, -0.15) is 0 Å². The van der Waals surface area contributed by atoms with Crippen LogP contribution < -0.4 is 10.5 Å². The molecular weight excluding hydrogens is 453 g/mol. The number of nitrogens with two attached hydrogens (primary N) is 1. The predicted molar refractivity (Wildman–Crippen MR) is 129 cm³/mol. The van der Waals surface area contributed by atoms with Gasteiger partial charge >= 0.3 is 0 Å². The number of hydrogen-bond acceptors (Lipinski definition) is 4. The minimum Gasteiger partial charge on any atom is -0.494 e. The van der Waals surface area contributed by atoms with Crippen molar-refractivity contribution in [2.24, 2.45) is 11.7 Å². The van der Waals surface area contributed by atoms with Crippen LogP contribution in [0.1, 0.15) is 48.3 Å². The lowest BCUT2D eigenvalue weighted by Crippen LogP contribution is -2.34. The third-order valence-electron chi connectivity index (χ3n) is 6.23. The molecule has 0 radical (unpaired) electrons. The lowest BCUT2D eigenvalue weighted by atomic mass is 9.76. The summed E-state index contributed by atoms with van der Waals surface area (Å²) in [7, 11) is -2.95. The van der Waals surface area contributed by atoms with E-state index in [1.54, 1.807) is 0 Å². The van der Waals surface area contributed by atoms with Gasteiger partial charge in [0.05, 0.1) is 18.1 Å². The molecule has 1 saturated carbocycles. The number of fused-ring (bicyclic) bond motifs is 1. The summed E-state index contributed by atoms with van der Waals surface area (Å²) in [5.74, 6) is 1.92. The van der Waals surface area contributed by atoms with Crippen LogP contribution in [0.25, 0.3) is 0 Å². The Labute approximate surface area is 196 Å². The van der Waals surface area contributed by atoms with Gasteiger partial charge in [0.1, 0.15) is 5.75 Å². The van der Waals surface area contributed by atoms with Crippen LogP contribution in [-0.2, 0) is 22.7 Å². The molecule has 0 bridgehead atoms. The fourth-order valence-corrected chi connectivity index (χ4v) is 6.34. The van der Waals surface area contributed by atoms with Crippen molar-refractivity contribution in [3.05, 3.63) is 64.2 Å². The van der Waals surface area contributed by atoms with Crippen molar-refractivity contribution in [1.82, 2.24) is 0 Å². The van der Waals surface area contributed by atoms with E-state index in [0.29, 0.717) is 24.7 Å². The molecule has 0 heterocycles. The van der Waals surface area contributed by atoms with E-state index in [1.807, 2.05) is 24.3 Å². The first-order valence-corrected chi connectivity index (χ1v) is 13.1. The lowest BCUT2D eigenvalue weighted by Gasteiger charge is -2.32. The van der Waals surface area contributed by atoms with Crippen molar-refractivity contribution in [3.8, 4) is 5.75 Å². The molecule has 2 aliphatic carbocycles. The summed E-state index contributed by atoms with van der Waals surface area (Å²) in [5.41, 5.74) is 10.2. The van der Waals surface area contributed by atoms with E-state index in [9.17, 15) is 8.42 Å². The zero-order chi connectivity index (χ0) is 21.1. The Balaban J connectivity index is 0.00000272. The number of sulfone groups is 1. The molecule has 4 nitrogen and oxygen atoms in total. The topological polar surface area (TPSA) is 69.4 Å². The summed E-state index contributed by atoms with van der Waals surface area (Å²) in [4.78, 5) is 0. The summed E-state index contributed by atoms with van der Waals surface area (Å²) in [6, 6.07) is 14.2. The van der Waals surface area contributed by atoms with Gasteiger partial charge in [0, 0.05) is 17.0 Å². The fourth-order valence-electron chi connectivity index (χ4n) is 4.35. The van der Waals surface area contributed by atoms with Gasteiger partial charge in [-0.3, -0.25) is 0 Å². The van der Waals surface area contributed by atoms with Crippen LogP contribution in [0.5, 0.6) is 5.75 Å². The van der Waals surface area contributed by atoms with Crippen molar-refractivity contribution in [3.63, 3.8) is 0 Å². The van der Waals surface area contributed by atoms with E-state index < -0.39 is 9.84 Å². The molecule has 7 heteroatoms. The van der Waals surface area contributed by atoms with Gasteiger partial charge in [0.25, 0.3) is 0 Å². The number of rotatable bonds is 9. The Morgan fingerprint density at radius 2 is 1.87 bits per heavy atom. The molecule has 2 aromatic carbocycles. The van der Waals surface area contributed by atoms with Crippen LogP contribution in [0.3, 0.4) is 0 Å². The van der Waals surface area contributed by atoms with E-state index in [4.69, 9.17) is 22.1 Å². The van der Waals surface area contributed by atoms with Crippen molar-refractivity contribution < 1.29 is 13.2 Å². The monoisotopic (exact) mass is 483 g/mol. The summed E-state index contributed by atoms with van der Waals surface area (Å²) in [6.45, 7) is 0.407. The first-order chi connectivity index (χ1) is 14.4. The molecule has 2 unspecified atom stereocenters. The standard InChI is InChI=1S/C24H30ClNO3S.ClH/c25-23-5-2-1-4-19(23)14-22-21-15-20(10-8-18(21)9-11-24(22)26)29-12-3-13-30(27,28)16-17-6-7-17;/h1-2,4-5,8,10,15,17,22,24H,3,6-7,9,11-14,16,26H2;1H. The van der Waals surface area contributed by atoms with Crippen LogP contribution in [0.2, 0.25) is 5.02 Å². The zero-order valence-corrected chi connectivity index (χ0v) is 20.0. The maximum Gasteiger partial charge on any atom is 0.150 e. The van der Waals surface area contributed by atoms with E-state index in [0.717, 1.165) is 48.4 Å². The van der Waals surface area contributed by atoms with Gasteiger partial charge in [-0.15, -0.1) is 12.4 Å². The van der Waals surface area contributed by atoms with Crippen molar-refractivity contribution in [2.75, 3.05) is 18.1 Å². The first kappa shape index (κ1) is 24.4. The Morgan fingerprint density at radius 3 is 2.61 bits per heavy atom. The van der Waals surface area contributed by atoms with E-state index >= 15 is 0 Å². The second kappa shape index (κ2) is 10.6. The highest BCUT2D eigenvalue weighted by molar-refractivity contribution is 7.91. The van der Waals surface area contributed by atoms with Crippen LogP contribution in [-0.4, -0.2) is 32.6 Å². The second-order valence-electron chi connectivity index (χ2n) is 8.72. The van der Waals surface area contributed by atoms with E-state index in [2.05, 4.69) is 18.2 Å². The SMILES string of the molecule is Cl.NC1CCc2ccc(OCCCS(=O)(=O)CC3CC3)cc2C1Cc1ccccc1Cl. The minimum absolute atomic E-state index is 0. The molecule has 170 valence electrons. The zero-order valence-electron chi connectivity index (χ0n) is 17.6. The third-order valence-corrected chi connectivity index (χ3v) is 8.49. The fraction of sp³-hybridized carbons (Fsp3) is 0.500. The molecule has 31 heavy (non-hydrogen) atoms. The van der Waals surface area contributed by atoms with Gasteiger partial charge < -0.3 is 10.5 Å². The molecule has 0 amide bonds. The van der Waals surface area contributed by atoms with Gasteiger partial charge in [0.2, 0.25) is 0 Å². The number of hydrogen-bond donors (Lipinski definition) is 1. The maximum atomic E-state index is 12.1. The molecule has 0 spiro atoms. The van der Waals surface area contributed by atoms with Gasteiger partial charge in [-0.25, -0.2) is 8.42 Å². The first-order valence-electron chi connectivity index (χ1n) is 10.9. The van der Waals surface area contributed by atoms with Crippen LogP contribution in [0, 0.1) is 5.92 Å². The van der Waals surface area contributed by atoms with Gasteiger partial charge in [-0.05, 0) is 79.3 Å². The molecule has 4 rings (SSSR count). The predicted octanol–water partition coefficient (Wildman–Crippen LogP) is 4.96. The third kappa shape index (κ3) is 6.61. The number of aryl methyl sites for hydroxylation is 1. The van der Waals surface area contributed by atoms with Gasteiger partial charge in [0.15, 0.2) is 9.84 Å².